The molecule has 1 heterocycles. The van der Waals surface area contributed by atoms with E-state index in [2.05, 4.69) is 17.8 Å². The molecule has 0 aliphatic carbocycles. The third kappa shape index (κ3) is 6.49. The Kier molecular flexibility index (Phi) is 8.50. The topological polar surface area (TPSA) is 122 Å². The molecule has 2 N–H and O–H groups in total. The number of nitrogens with zero attached hydrogens (tertiary/aromatic N) is 2. The number of thiocarbonyl (C=S) groups is 1. The SMILES string of the molecule is CCc1ccc(/C=C2\SC(=S)N(CCCC(=O)NNC(=O)c3ccc([N+](=O)[O-])cc3)C2=O)cc1. The Labute approximate surface area is 205 Å². The number of non-ortho nitro benzene ring substituents is 1. The van der Waals surface area contributed by atoms with Crippen LogP contribution in [0.1, 0.15) is 41.3 Å². The van der Waals surface area contributed by atoms with Gasteiger partial charge in [-0.05, 0) is 42.2 Å². The number of thioether (sulfide) groups is 1. The highest BCUT2D eigenvalue weighted by atomic mass is 32.2. The minimum absolute atomic E-state index is 0.0646. The van der Waals surface area contributed by atoms with Crippen molar-refractivity contribution >= 4 is 57.8 Å². The fourth-order valence-corrected chi connectivity index (χ4v) is 4.40. The number of carbonyl (C=O) groups excluding carboxylic acids is 3. The van der Waals surface area contributed by atoms with Crippen LogP contribution in [-0.2, 0) is 16.0 Å². The first-order valence-electron chi connectivity index (χ1n) is 10.5. The second-order valence-electron chi connectivity index (χ2n) is 7.34. The monoisotopic (exact) mass is 498 g/mol. The quantitative estimate of drug-likeness (QED) is 0.247. The lowest BCUT2D eigenvalue weighted by Gasteiger charge is -2.14. The molecule has 3 amide bonds. The van der Waals surface area contributed by atoms with Gasteiger partial charge in [0.2, 0.25) is 5.91 Å². The lowest BCUT2D eigenvalue weighted by Crippen LogP contribution is -2.41. The smallest absolute Gasteiger partial charge is 0.269 e. The van der Waals surface area contributed by atoms with Crippen molar-refractivity contribution in [3.8, 4) is 0 Å². The van der Waals surface area contributed by atoms with Gasteiger partial charge >= 0.3 is 0 Å². The molecular weight excluding hydrogens is 476 g/mol. The number of nitrogens with one attached hydrogen (secondary N) is 2. The molecule has 1 saturated heterocycles. The summed E-state index contributed by atoms with van der Waals surface area (Å²) in [5.41, 5.74) is 6.71. The van der Waals surface area contributed by atoms with Crippen molar-refractivity contribution in [1.29, 1.82) is 0 Å². The molecule has 0 aromatic heterocycles. The summed E-state index contributed by atoms with van der Waals surface area (Å²) in [6.45, 7) is 2.35. The van der Waals surface area contributed by atoms with E-state index >= 15 is 0 Å². The van der Waals surface area contributed by atoms with Crippen LogP contribution < -0.4 is 10.9 Å². The molecule has 11 heteroatoms. The molecule has 2 aromatic rings. The van der Waals surface area contributed by atoms with Gasteiger partial charge in [0.1, 0.15) is 4.32 Å². The lowest BCUT2D eigenvalue weighted by molar-refractivity contribution is -0.384. The Bertz CT molecular complexity index is 1150. The Hall–Kier alpha value is -3.57. The number of amides is 3. The van der Waals surface area contributed by atoms with Crippen LogP contribution in [0.25, 0.3) is 6.08 Å². The normalized spacial score (nSPS) is 14.4. The lowest BCUT2D eigenvalue weighted by atomic mass is 10.1. The van der Waals surface area contributed by atoms with Crippen LogP contribution in [0.5, 0.6) is 0 Å². The van der Waals surface area contributed by atoms with Gasteiger partial charge in [0, 0.05) is 30.7 Å². The van der Waals surface area contributed by atoms with Crippen molar-refractivity contribution in [1.82, 2.24) is 15.8 Å². The van der Waals surface area contributed by atoms with Crippen LogP contribution in [0.4, 0.5) is 5.69 Å². The summed E-state index contributed by atoms with van der Waals surface area (Å²) in [4.78, 5) is 48.9. The molecule has 3 rings (SSSR count). The first-order chi connectivity index (χ1) is 16.3. The number of aryl methyl sites for hydroxylation is 1. The number of benzene rings is 2. The van der Waals surface area contributed by atoms with Gasteiger partial charge in [-0.15, -0.1) is 0 Å². The summed E-state index contributed by atoms with van der Waals surface area (Å²) >= 11 is 6.55. The van der Waals surface area contributed by atoms with E-state index in [1.54, 1.807) is 6.08 Å². The molecule has 9 nitrogen and oxygen atoms in total. The van der Waals surface area contributed by atoms with E-state index in [0.29, 0.717) is 15.6 Å². The van der Waals surface area contributed by atoms with Crippen LogP contribution in [0, 0.1) is 10.1 Å². The number of nitro benzene ring substituents is 1. The van der Waals surface area contributed by atoms with Gasteiger partial charge in [-0.3, -0.25) is 40.2 Å². The number of carbonyl (C=O) groups is 3. The number of hydrogen-bond acceptors (Lipinski definition) is 7. The molecule has 34 heavy (non-hydrogen) atoms. The van der Waals surface area contributed by atoms with Crippen molar-refractivity contribution in [2.24, 2.45) is 0 Å². The van der Waals surface area contributed by atoms with E-state index < -0.39 is 16.7 Å². The van der Waals surface area contributed by atoms with Gasteiger partial charge in [0.15, 0.2) is 0 Å². The van der Waals surface area contributed by atoms with Gasteiger partial charge in [0.05, 0.1) is 9.83 Å². The highest BCUT2D eigenvalue weighted by Gasteiger charge is 2.31. The van der Waals surface area contributed by atoms with Crippen LogP contribution >= 0.6 is 24.0 Å². The van der Waals surface area contributed by atoms with E-state index in [9.17, 15) is 24.5 Å². The van der Waals surface area contributed by atoms with E-state index in [1.807, 2.05) is 24.3 Å². The van der Waals surface area contributed by atoms with E-state index in [0.717, 1.165) is 12.0 Å². The van der Waals surface area contributed by atoms with Crippen molar-refractivity contribution < 1.29 is 19.3 Å². The Morgan fingerprint density at radius 2 is 1.79 bits per heavy atom. The molecule has 1 fully saturated rings. The van der Waals surface area contributed by atoms with Gasteiger partial charge in [-0.2, -0.15) is 0 Å². The van der Waals surface area contributed by atoms with E-state index in [4.69, 9.17) is 12.2 Å². The van der Waals surface area contributed by atoms with Crippen LogP contribution in [0.15, 0.2) is 53.4 Å². The summed E-state index contributed by atoms with van der Waals surface area (Å²) in [6, 6.07) is 12.9. The molecule has 0 unspecified atom stereocenters. The van der Waals surface area contributed by atoms with Crippen molar-refractivity contribution in [3.05, 3.63) is 80.2 Å². The summed E-state index contributed by atoms with van der Waals surface area (Å²) in [7, 11) is 0. The second-order valence-corrected chi connectivity index (χ2v) is 9.01. The zero-order valence-electron chi connectivity index (χ0n) is 18.3. The average molecular weight is 499 g/mol. The Morgan fingerprint density at radius 3 is 2.41 bits per heavy atom. The second kappa shape index (κ2) is 11.5. The number of rotatable bonds is 8. The number of nitro groups is 1. The highest BCUT2D eigenvalue weighted by molar-refractivity contribution is 8.26. The molecule has 2 aromatic carbocycles. The standard InChI is InChI=1S/C23H22N4O5S2/c1-2-15-5-7-16(8-6-15)14-19-22(30)26(23(33)34-19)13-3-4-20(28)24-25-21(29)17-9-11-18(12-10-17)27(31)32/h5-12,14H,2-4,13H2,1H3,(H,24,28)(H,25,29)/b19-14-. The van der Waals surface area contributed by atoms with Crippen molar-refractivity contribution in [2.45, 2.75) is 26.2 Å². The largest absolute Gasteiger partial charge is 0.293 e. The zero-order valence-corrected chi connectivity index (χ0v) is 19.9. The van der Waals surface area contributed by atoms with Crippen molar-refractivity contribution in [2.75, 3.05) is 6.54 Å². The highest BCUT2D eigenvalue weighted by Crippen LogP contribution is 2.32. The summed E-state index contributed by atoms with van der Waals surface area (Å²) < 4.78 is 0.438. The minimum atomic E-state index is -0.600. The van der Waals surface area contributed by atoms with Gasteiger partial charge in [0.25, 0.3) is 17.5 Å². The molecule has 0 saturated carbocycles. The number of hydrogen-bond donors (Lipinski definition) is 2. The predicted octanol–water partition coefficient (Wildman–Crippen LogP) is 3.60. The van der Waals surface area contributed by atoms with Crippen molar-refractivity contribution in [3.63, 3.8) is 0 Å². The van der Waals surface area contributed by atoms with E-state index in [1.165, 1.54) is 46.5 Å². The average Bonchev–Trinajstić information content (AvgIpc) is 3.10. The van der Waals surface area contributed by atoms with Gasteiger partial charge in [-0.25, -0.2) is 0 Å². The fraction of sp³-hybridized carbons (Fsp3) is 0.217. The zero-order chi connectivity index (χ0) is 24.7. The molecular formula is C23H22N4O5S2. The summed E-state index contributed by atoms with van der Waals surface area (Å²) in [6.07, 6.45) is 3.16. The summed E-state index contributed by atoms with van der Waals surface area (Å²) in [5.74, 6) is -1.23. The van der Waals surface area contributed by atoms with E-state index in [-0.39, 0.29) is 30.1 Å². The maximum Gasteiger partial charge on any atom is 0.269 e. The number of hydrazine groups is 1. The maximum atomic E-state index is 12.7. The third-order valence-corrected chi connectivity index (χ3v) is 6.38. The maximum absolute atomic E-state index is 12.7. The van der Waals surface area contributed by atoms with Crippen LogP contribution in [-0.4, -0.2) is 38.4 Å². The Morgan fingerprint density at radius 1 is 1.12 bits per heavy atom. The van der Waals surface area contributed by atoms with Gasteiger partial charge < -0.3 is 0 Å². The third-order valence-electron chi connectivity index (χ3n) is 5.00. The molecule has 0 atom stereocenters. The first kappa shape index (κ1) is 25.1. The molecule has 0 bridgehead atoms. The molecule has 1 aliphatic heterocycles. The van der Waals surface area contributed by atoms with Crippen LogP contribution in [0.3, 0.4) is 0 Å². The molecule has 1 aliphatic rings. The predicted molar refractivity (Wildman–Crippen MR) is 134 cm³/mol. The molecule has 0 radical (unpaired) electrons. The minimum Gasteiger partial charge on any atom is -0.293 e. The summed E-state index contributed by atoms with van der Waals surface area (Å²) in [5, 5.41) is 10.7. The molecule has 176 valence electrons. The van der Waals surface area contributed by atoms with Gasteiger partial charge in [-0.1, -0.05) is 55.2 Å². The first-order valence-corrected chi connectivity index (χ1v) is 11.7. The Balaban J connectivity index is 1.45. The fourth-order valence-electron chi connectivity index (χ4n) is 3.09. The molecule has 0 spiro atoms. The van der Waals surface area contributed by atoms with Crippen LogP contribution in [0.2, 0.25) is 0 Å².